The molecule has 0 saturated carbocycles. The second-order valence-corrected chi connectivity index (χ2v) is 6.33. The maximum absolute atomic E-state index is 9.08. The van der Waals surface area contributed by atoms with Gasteiger partial charge in [0.25, 0.3) is 0 Å². The lowest BCUT2D eigenvalue weighted by Gasteiger charge is -2.34. The fraction of sp³-hybridized carbons (Fsp3) is 0.647. The first-order chi connectivity index (χ1) is 10.2. The SMILES string of the molecule is CC(CN)(CN1CCCN(CCO)CC1)c1ccccc1. The summed E-state index contributed by atoms with van der Waals surface area (Å²) in [6.45, 7) is 9.27. The highest BCUT2D eigenvalue weighted by molar-refractivity contribution is 5.25. The number of benzene rings is 1. The molecular formula is C17H29N3O. The van der Waals surface area contributed by atoms with Crippen LogP contribution in [0.25, 0.3) is 0 Å². The van der Waals surface area contributed by atoms with E-state index in [0.717, 1.165) is 45.7 Å². The first-order valence-electron chi connectivity index (χ1n) is 7.99. The second kappa shape index (κ2) is 7.90. The van der Waals surface area contributed by atoms with Gasteiger partial charge in [0.15, 0.2) is 0 Å². The third kappa shape index (κ3) is 4.51. The molecule has 1 saturated heterocycles. The van der Waals surface area contributed by atoms with Crippen LogP contribution < -0.4 is 5.73 Å². The summed E-state index contributed by atoms with van der Waals surface area (Å²) < 4.78 is 0. The van der Waals surface area contributed by atoms with Crippen LogP contribution in [0, 0.1) is 0 Å². The summed E-state index contributed by atoms with van der Waals surface area (Å²) in [4.78, 5) is 4.87. The molecule has 1 heterocycles. The Kier molecular flexibility index (Phi) is 6.18. The lowest BCUT2D eigenvalue weighted by molar-refractivity contribution is 0.189. The monoisotopic (exact) mass is 291 g/mol. The molecule has 1 fully saturated rings. The van der Waals surface area contributed by atoms with E-state index in [1.54, 1.807) is 0 Å². The molecule has 1 aromatic carbocycles. The maximum Gasteiger partial charge on any atom is 0.0558 e. The van der Waals surface area contributed by atoms with E-state index < -0.39 is 0 Å². The molecule has 4 nitrogen and oxygen atoms in total. The van der Waals surface area contributed by atoms with Crippen LogP contribution in [-0.2, 0) is 5.41 Å². The Morgan fingerprint density at radius 1 is 1.10 bits per heavy atom. The average Bonchev–Trinajstić information content (AvgIpc) is 2.74. The largest absolute Gasteiger partial charge is 0.395 e. The number of hydrogen-bond acceptors (Lipinski definition) is 4. The van der Waals surface area contributed by atoms with Crippen LogP contribution in [0.3, 0.4) is 0 Å². The van der Waals surface area contributed by atoms with Crippen molar-refractivity contribution in [2.24, 2.45) is 5.73 Å². The fourth-order valence-corrected chi connectivity index (χ4v) is 3.16. The summed E-state index contributed by atoms with van der Waals surface area (Å²) in [5.74, 6) is 0. The van der Waals surface area contributed by atoms with Gasteiger partial charge in [0.2, 0.25) is 0 Å². The van der Waals surface area contributed by atoms with Crippen molar-refractivity contribution in [3.8, 4) is 0 Å². The van der Waals surface area contributed by atoms with Gasteiger partial charge >= 0.3 is 0 Å². The third-order valence-electron chi connectivity index (χ3n) is 4.59. The van der Waals surface area contributed by atoms with Crippen LogP contribution in [-0.4, -0.2) is 67.3 Å². The van der Waals surface area contributed by atoms with Crippen LogP contribution in [0.4, 0.5) is 0 Å². The summed E-state index contributed by atoms with van der Waals surface area (Å²) in [5, 5.41) is 9.08. The van der Waals surface area contributed by atoms with Crippen molar-refractivity contribution in [1.29, 1.82) is 0 Å². The molecule has 0 radical (unpaired) electrons. The molecule has 0 aliphatic carbocycles. The predicted molar refractivity (Wildman–Crippen MR) is 87.4 cm³/mol. The van der Waals surface area contributed by atoms with Gasteiger partial charge in [-0.3, -0.25) is 4.90 Å². The highest BCUT2D eigenvalue weighted by atomic mass is 16.3. The Morgan fingerprint density at radius 3 is 2.43 bits per heavy atom. The van der Waals surface area contributed by atoms with Gasteiger partial charge in [-0.2, -0.15) is 0 Å². The Hall–Kier alpha value is -0.940. The Bertz CT molecular complexity index is 412. The number of β-amino-alcohol motifs (C(OH)–C–C–N with tert-alkyl or cyclic N) is 1. The van der Waals surface area contributed by atoms with Crippen molar-refractivity contribution in [2.45, 2.75) is 18.8 Å². The fourth-order valence-electron chi connectivity index (χ4n) is 3.16. The molecular weight excluding hydrogens is 262 g/mol. The summed E-state index contributed by atoms with van der Waals surface area (Å²) in [5.41, 5.74) is 7.43. The van der Waals surface area contributed by atoms with E-state index in [1.165, 1.54) is 5.56 Å². The molecule has 0 aromatic heterocycles. The molecule has 0 bridgehead atoms. The Morgan fingerprint density at radius 2 is 1.76 bits per heavy atom. The predicted octanol–water partition coefficient (Wildman–Crippen LogP) is 0.903. The molecule has 21 heavy (non-hydrogen) atoms. The van der Waals surface area contributed by atoms with Crippen molar-refractivity contribution >= 4 is 0 Å². The molecule has 1 aliphatic heterocycles. The second-order valence-electron chi connectivity index (χ2n) is 6.33. The summed E-state index contributed by atoms with van der Waals surface area (Å²) in [6.07, 6.45) is 1.16. The molecule has 3 N–H and O–H groups in total. The van der Waals surface area contributed by atoms with Crippen LogP contribution >= 0.6 is 0 Å². The third-order valence-corrected chi connectivity index (χ3v) is 4.59. The quantitative estimate of drug-likeness (QED) is 0.818. The normalized spacial score (nSPS) is 20.9. The zero-order chi connectivity index (χ0) is 15.1. The summed E-state index contributed by atoms with van der Waals surface area (Å²) in [6, 6.07) is 10.6. The minimum absolute atomic E-state index is 0.00735. The Labute approximate surface area is 128 Å². The van der Waals surface area contributed by atoms with Gasteiger partial charge in [-0.1, -0.05) is 37.3 Å². The van der Waals surface area contributed by atoms with Crippen LogP contribution in [0.15, 0.2) is 30.3 Å². The molecule has 0 spiro atoms. The molecule has 1 atom stereocenters. The van der Waals surface area contributed by atoms with E-state index in [1.807, 2.05) is 0 Å². The van der Waals surface area contributed by atoms with Crippen molar-refractivity contribution < 1.29 is 5.11 Å². The Balaban J connectivity index is 1.98. The number of aliphatic hydroxyl groups is 1. The smallest absolute Gasteiger partial charge is 0.0558 e. The number of nitrogens with two attached hydrogens (primary N) is 1. The first-order valence-corrected chi connectivity index (χ1v) is 7.99. The van der Waals surface area contributed by atoms with E-state index in [9.17, 15) is 0 Å². The number of rotatable bonds is 6. The molecule has 1 aliphatic rings. The summed E-state index contributed by atoms with van der Waals surface area (Å²) >= 11 is 0. The van der Waals surface area contributed by atoms with Crippen molar-refractivity contribution in [2.75, 3.05) is 52.4 Å². The number of aliphatic hydroxyl groups excluding tert-OH is 1. The lowest BCUT2D eigenvalue weighted by Crippen LogP contribution is -2.45. The number of nitrogens with zero attached hydrogens (tertiary/aromatic N) is 2. The van der Waals surface area contributed by atoms with Gasteiger partial charge < -0.3 is 15.7 Å². The molecule has 0 amide bonds. The van der Waals surface area contributed by atoms with Gasteiger partial charge in [-0.25, -0.2) is 0 Å². The van der Waals surface area contributed by atoms with Crippen LogP contribution in [0.5, 0.6) is 0 Å². The van der Waals surface area contributed by atoms with Crippen molar-refractivity contribution in [1.82, 2.24) is 9.80 Å². The van der Waals surface area contributed by atoms with E-state index in [2.05, 4.69) is 47.1 Å². The van der Waals surface area contributed by atoms with E-state index in [0.29, 0.717) is 6.54 Å². The highest BCUT2D eigenvalue weighted by Gasteiger charge is 2.28. The molecule has 4 heteroatoms. The first kappa shape index (κ1) is 16.4. The highest BCUT2D eigenvalue weighted by Crippen LogP contribution is 2.24. The maximum atomic E-state index is 9.08. The van der Waals surface area contributed by atoms with Crippen molar-refractivity contribution in [3.63, 3.8) is 0 Å². The van der Waals surface area contributed by atoms with Gasteiger partial charge in [-0.05, 0) is 25.1 Å². The molecule has 118 valence electrons. The van der Waals surface area contributed by atoms with Crippen LogP contribution in [0.2, 0.25) is 0 Å². The minimum Gasteiger partial charge on any atom is -0.395 e. The summed E-state index contributed by atoms with van der Waals surface area (Å²) in [7, 11) is 0. The lowest BCUT2D eigenvalue weighted by atomic mass is 9.82. The van der Waals surface area contributed by atoms with Crippen molar-refractivity contribution in [3.05, 3.63) is 35.9 Å². The number of hydrogen-bond donors (Lipinski definition) is 2. The van der Waals surface area contributed by atoms with Gasteiger partial charge in [-0.15, -0.1) is 0 Å². The van der Waals surface area contributed by atoms with E-state index >= 15 is 0 Å². The van der Waals surface area contributed by atoms with E-state index in [4.69, 9.17) is 10.8 Å². The van der Waals surface area contributed by atoms with Gasteiger partial charge in [0.05, 0.1) is 6.61 Å². The average molecular weight is 291 g/mol. The zero-order valence-corrected chi connectivity index (χ0v) is 13.2. The molecule has 2 rings (SSSR count). The minimum atomic E-state index is 0.00735. The zero-order valence-electron chi connectivity index (χ0n) is 13.2. The van der Waals surface area contributed by atoms with Gasteiger partial charge in [0.1, 0.15) is 0 Å². The molecule has 1 aromatic rings. The standard InChI is InChI=1S/C17H29N3O/c1-17(14-18,16-6-3-2-4-7-16)15-20-9-5-8-19(10-11-20)12-13-21/h2-4,6-7,21H,5,8-15,18H2,1H3. The topological polar surface area (TPSA) is 52.7 Å². The van der Waals surface area contributed by atoms with Gasteiger partial charge in [0, 0.05) is 38.1 Å². The van der Waals surface area contributed by atoms with E-state index in [-0.39, 0.29) is 12.0 Å². The van der Waals surface area contributed by atoms with Crippen LogP contribution in [0.1, 0.15) is 18.9 Å². The molecule has 1 unspecified atom stereocenters.